The second kappa shape index (κ2) is 6.13. The van der Waals surface area contributed by atoms with Crippen molar-refractivity contribution < 1.29 is 14.7 Å². The van der Waals surface area contributed by atoms with Gasteiger partial charge >= 0.3 is 0 Å². The minimum atomic E-state index is -1.12. The first kappa shape index (κ1) is 13.4. The number of carbonyl (C=O) groups is 2. The maximum Gasteiger partial charge on any atom is 0.224 e. The second-order valence-electron chi connectivity index (χ2n) is 4.16. The Hall–Kier alpha value is -0.710. The molecule has 0 radical (unpaired) electrons. The summed E-state index contributed by atoms with van der Waals surface area (Å²) < 4.78 is 0. The molecule has 92 valence electrons. The van der Waals surface area contributed by atoms with Gasteiger partial charge in [0.1, 0.15) is 0 Å². The van der Waals surface area contributed by atoms with E-state index in [0.29, 0.717) is 12.8 Å². The van der Waals surface area contributed by atoms with Gasteiger partial charge in [0.25, 0.3) is 0 Å². The Morgan fingerprint density at radius 3 is 2.69 bits per heavy atom. The molecule has 0 aliphatic carbocycles. The summed E-state index contributed by atoms with van der Waals surface area (Å²) in [5, 5.41) is 11.0. The first-order valence-electron chi connectivity index (χ1n) is 5.59. The van der Waals surface area contributed by atoms with Crippen LogP contribution in [0.15, 0.2) is 0 Å². The summed E-state index contributed by atoms with van der Waals surface area (Å²) in [6, 6.07) is -0.705. The van der Waals surface area contributed by atoms with E-state index in [1.807, 2.05) is 13.2 Å². The molecule has 0 spiro atoms. The molecule has 0 aromatic heterocycles. The smallest absolute Gasteiger partial charge is 0.224 e. The molecule has 1 heterocycles. The summed E-state index contributed by atoms with van der Waals surface area (Å²) in [5.74, 6) is -0.443. The van der Waals surface area contributed by atoms with Crippen LogP contribution in [0.1, 0.15) is 32.6 Å². The minimum absolute atomic E-state index is 0.0195. The summed E-state index contributed by atoms with van der Waals surface area (Å²) >= 11 is 1.59. The molecule has 1 aliphatic heterocycles. The van der Waals surface area contributed by atoms with Crippen LogP contribution >= 0.6 is 11.8 Å². The van der Waals surface area contributed by atoms with Crippen LogP contribution in [0.4, 0.5) is 0 Å². The van der Waals surface area contributed by atoms with E-state index in [-0.39, 0.29) is 11.9 Å². The largest absolute Gasteiger partial charge is 0.548 e. The van der Waals surface area contributed by atoms with Crippen molar-refractivity contribution in [3.63, 3.8) is 0 Å². The zero-order valence-electron chi connectivity index (χ0n) is 9.77. The van der Waals surface area contributed by atoms with E-state index in [9.17, 15) is 14.7 Å². The lowest BCUT2D eigenvalue weighted by Gasteiger charge is -2.41. The standard InChI is InChI=1S/C11H19NO3S/c1-8-4-3-5-9(11(14)15)12(8)10(13)6-7-16-2/h8-9H,3-7H2,1-2H3,(H,14,15)/p-1/t8-,9+/m1/s1. The number of hydrogen-bond donors (Lipinski definition) is 0. The quantitative estimate of drug-likeness (QED) is 0.711. The maximum atomic E-state index is 11.9. The highest BCUT2D eigenvalue weighted by molar-refractivity contribution is 7.98. The molecule has 16 heavy (non-hydrogen) atoms. The summed E-state index contributed by atoms with van der Waals surface area (Å²) in [4.78, 5) is 24.4. The highest BCUT2D eigenvalue weighted by Gasteiger charge is 2.31. The first-order valence-corrected chi connectivity index (χ1v) is 6.98. The fourth-order valence-electron chi connectivity index (χ4n) is 2.16. The third-order valence-electron chi connectivity index (χ3n) is 2.99. The minimum Gasteiger partial charge on any atom is -0.548 e. The molecule has 0 aromatic rings. The molecule has 0 N–H and O–H groups in total. The lowest BCUT2D eigenvalue weighted by Crippen LogP contribution is -2.56. The third-order valence-corrected chi connectivity index (χ3v) is 3.60. The topological polar surface area (TPSA) is 60.4 Å². The fourth-order valence-corrected chi connectivity index (χ4v) is 2.54. The van der Waals surface area contributed by atoms with Crippen LogP contribution in [0.25, 0.3) is 0 Å². The van der Waals surface area contributed by atoms with E-state index >= 15 is 0 Å². The van der Waals surface area contributed by atoms with Crippen LogP contribution < -0.4 is 5.11 Å². The molecule has 0 saturated carbocycles. The van der Waals surface area contributed by atoms with Gasteiger partial charge in [-0.3, -0.25) is 4.79 Å². The number of thioether (sulfide) groups is 1. The van der Waals surface area contributed by atoms with Crippen molar-refractivity contribution in [3.8, 4) is 0 Å². The molecule has 1 aliphatic rings. The van der Waals surface area contributed by atoms with Crippen molar-refractivity contribution in [1.82, 2.24) is 4.90 Å². The fraction of sp³-hybridized carbons (Fsp3) is 0.818. The highest BCUT2D eigenvalue weighted by Crippen LogP contribution is 2.23. The van der Waals surface area contributed by atoms with Gasteiger partial charge in [0.15, 0.2) is 0 Å². The van der Waals surface area contributed by atoms with Gasteiger partial charge in [0.2, 0.25) is 5.91 Å². The summed E-state index contributed by atoms with van der Waals surface area (Å²) in [6.45, 7) is 1.91. The number of likely N-dealkylation sites (tertiary alicyclic amines) is 1. The monoisotopic (exact) mass is 244 g/mol. The number of aliphatic carboxylic acids is 1. The van der Waals surface area contributed by atoms with E-state index in [4.69, 9.17) is 0 Å². The lowest BCUT2D eigenvalue weighted by molar-refractivity contribution is -0.312. The second-order valence-corrected chi connectivity index (χ2v) is 5.14. The first-order chi connectivity index (χ1) is 7.57. The Morgan fingerprint density at radius 2 is 2.12 bits per heavy atom. The van der Waals surface area contributed by atoms with Crippen molar-refractivity contribution in [1.29, 1.82) is 0 Å². The van der Waals surface area contributed by atoms with Gasteiger partial charge in [-0.15, -0.1) is 0 Å². The number of carboxylic acid groups (broad SMARTS) is 1. The molecule has 1 fully saturated rings. The lowest BCUT2D eigenvalue weighted by atomic mass is 9.96. The van der Waals surface area contributed by atoms with Crippen LogP contribution in [-0.4, -0.2) is 40.9 Å². The van der Waals surface area contributed by atoms with Crippen molar-refractivity contribution in [2.75, 3.05) is 12.0 Å². The highest BCUT2D eigenvalue weighted by atomic mass is 32.2. The van der Waals surface area contributed by atoms with Gasteiger partial charge in [0, 0.05) is 18.2 Å². The number of piperidine rings is 1. The van der Waals surface area contributed by atoms with Gasteiger partial charge < -0.3 is 14.8 Å². The van der Waals surface area contributed by atoms with Crippen molar-refractivity contribution >= 4 is 23.6 Å². The van der Waals surface area contributed by atoms with Crippen LogP contribution in [-0.2, 0) is 9.59 Å². The van der Waals surface area contributed by atoms with Crippen molar-refractivity contribution in [2.45, 2.75) is 44.7 Å². The molecule has 4 nitrogen and oxygen atoms in total. The van der Waals surface area contributed by atoms with Gasteiger partial charge in [-0.1, -0.05) is 0 Å². The van der Waals surface area contributed by atoms with E-state index in [1.165, 1.54) is 4.90 Å². The molecule has 0 bridgehead atoms. The zero-order chi connectivity index (χ0) is 12.1. The number of nitrogens with zero attached hydrogens (tertiary/aromatic N) is 1. The molecule has 1 rings (SSSR count). The Bertz CT molecular complexity index is 270. The number of amides is 1. The molecule has 2 atom stereocenters. The van der Waals surface area contributed by atoms with E-state index in [0.717, 1.165) is 18.6 Å². The Morgan fingerprint density at radius 1 is 1.44 bits per heavy atom. The summed E-state index contributed by atoms with van der Waals surface area (Å²) in [7, 11) is 0. The van der Waals surface area contributed by atoms with Crippen LogP contribution in [0.2, 0.25) is 0 Å². The predicted octanol–water partition coefficient (Wildman–Crippen LogP) is 0.259. The number of carbonyl (C=O) groups excluding carboxylic acids is 2. The zero-order valence-corrected chi connectivity index (χ0v) is 10.6. The number of carboxylic acids is 1. The van der Waals surface area contributed by atoms with Gasteiger partial charge in [-0.2, -0.15) is 11.8 Å². The van der Waals surface area contributed by atoms with E-state index < -0.39 is 12.0 Å². The van der Waals surface area contributed by atoms with E-state index in [2.05, 4.69) is 0 Å². The third kappa shape index (κ3) is 3.14. The maximum absolute atomic E-state index is 11.9. The molecule has 1 amide bonds. The number of rotatable bonds is 4. The number of hydrogen-bond acceptors (Lipinski definition) is 4. The van der Waals surface area contributed by atoms with Crippen LogP contribution in [0.3, 0.4) is 0 Å². The van der Waals surface area contributed by atoms with Crippen molar-refractivity contribution in [3.05, 3.63) is 0 Å². The SMILES string of the molecule is CSCCC(=O)N1[C@H](C)CCC[C@H]1C(=O)[O-]. The normalized spacial score (nSPS) is 25.5. The predicted molar refractivity (Wildman–Crippen MR) is 62.0 cm³/mol. The molecule has 0 unspecified atom stereocenters. The Balaban J connectivity index is 2.69. The van der Waals surface area contributed by atoms with Gasteiger partial charge in [-0.05, 0) is 32.4 Å². The summed E-state index contributed by atoms with van der Waals surface area (Å²) in [6.07, 6.45) is 4.61. The molecule has 5 heteroatoms. The average molecular weight is 244 g/mol. The average Bonchev–Trinajstić information content (AvgIpc) is 2.25. The molecular formula is C11H18NO3S-. The van der Waals surface area contributed by atoms with E-state index in [1.54, 1.807) is 11.8 Å². The van der Waals surface area contributed by atoms with Crippen LogP contribution in [0.5, 0.6) is 0 Å². The Labute approximate surface area is 100 Å². The molecule has 0 aromatic carbocycles. The van der Waals surface area contributed by atoms with Gasteiger partial charge in [0.05, 0.1) is 12.0 Å². The molecular weight excluding hydrogens is 226 g/mol. The Kier molecular flexibility index (Phi) is 5.12. The van der Waals surface area contributed by atoms with Crippen molar-refractivity contribution in [2.24, 2.45) is 0 Å². The van der Waals surface area contributed by atoms with Gasteiger partial charge in [-0.25, -0.2) is 0 Å². The molecule has 1 saturated heterocycles. The van der Waals surface area contributed by atoms with Crippen LogP contribution in [0, 0.1) is 0 Å². The summed E-state index contributed by atoms with van der Waals surface area (Å²) in [5.41, 5.74) is 0.